The molecule has 0 aliphatic rings. The van der Waals surface area contributed by atoms with Gasteiger partial charge in [0, 0.05) is 0 Å². The number of alkyl halides is 2. The molecular weight excluding hydrogens is 218 g/mol. The first-order valence-electron chi connectivity index (χ1n) is 3.03. The van der Waals surface area contributed by atoms with Crippen LogP contribution in [0.3, 0.4) is 0 Å². The summed E-state index contributed by atoms with van der Waals surface area (Å²) in [5, 5.41) is 0. The van der Waals surface area contributed by atoms with Gasteiger partial charge in [-0.1, -0.05) is 35.4 Å². The molecule has 0 heterocycles. The Morgan fingerprint density at radius 2 is 1.62 bits per heavy atom. The van der Waals surface area contributed by atoms with Crippen LogP contribution in [0.2, 0.25) is 0 Å². The number of hydrogen-bond acceptors (Lipinski definition) is 0. The van der Waals surface area contributed by atoms with E-state index in [-0.39, 0.29) is 6.67 Å². The Kier molecular flexibility index (Phi) is 8.29. The van der Waals surface area contributed by atoms with Crippen LogP contribution in [0.15, 0.2) is 0 Å². The summed E-state index contributed by atoms with van der Waals surface area (Å²) in [4.78, 5) is 0. The molecule has 0 saturated heterocycles. The highest BCUT2D eigenvalue weighted by atomic mass is 127. The van der Waals surface area contributed by atoms with Crippen LogP contribution in [0, 0.1) is 0 Å². The number of hydrogen-bond donors (Lipinski definition) is 0. The zero-order chi connectivity index (χ0) is 6.24. The van der Waals surface area contributed by atoms with E-state index in [1.807, 2.05) is 0 Å². The number of rotatable bonds is 5. The third-order valence-corrected chi connectivity index (χ3v) is 1.78. The molecule has 50 valence electrons. The van der Waals surface area contributed by atoms with E-state index in [2.05, 4.69) is 22.6 Å². The Morgan fingerprint density at radius 3 is 2.12 bits per heavy atom. The SMILES string of the molecule is FCCCCCCI. The first kappa shape index (κ1) is 8.66. The molecule has 0 unspecified atom stereocenters. The molecule has 0 aromatic carbocycles. The number of halogens is 2. The van der Waals surface area contributed by atoms with Crippen molar-refractivity contribution in [2.24, 2.45) is 0 Å². The number of unbranched alkanes of at least 4 members (excludes halogenated alkanes) is 3. The lowest BCUT2D eigenvalue weighted by Gasteiger charge is -1.91. The van der Waals surface area contributed by atoms with Crippen LogP contribution in [0.1, 0.15) is 25.7 Å². The lowest BCUT2D eigenvalue weighted by molar-refractivity contribution is 0.456. The maximum atomic E-state index is 11.4. The fourth-order valence-corrected chi connectivity index (χ4v) is 1.08. The van der Waals surface area contributed by atoms with Crippen LogP contribution in [-0.2, 0) is 0 Å². The molecule has 0 rings (SSSR count). The molecule has 0 spiro atoms. The Labute approximate surface area is 64.0 Å². The van der Waals surface area contributed by atoms with Gasteiger partial charge < -0.3 is 0 Å². The van der Waals surface area contributed by atoms with Crippen LogP contribution >= 0.6 is 22.6 Å². The molecule has 0 amide bonds. The molecule has 8 heavy (non-hydrogen) atoms. The third kappa shape index (κ3) is 6.66. The monoisotopic (exact) mass is 230 g/mol. The van der Waals surface area contributed by atoms with Gasteiger partial charge in [-0.05, 0) is 17.3 Å². The van der Waals surface area contributed by atoms with Crippen molar-refractivity contribution < 1.29 is 4.39 Å². The summed E-state index contributed by atoms with van der Waals surface area (Å²) >= 11 is 2.35. The predicted octanol–water partition coefficient (Wildman–Crippen LogP) is 2.95. The summed E-state index contributed by atoms with van der Waals surface area (Å²) in [6, 6.07) is 0. The molecule has 0 aliphatic carbocycles. The second kappa shape index (κ2) is 7.66. The van der Waals surface area contributed by atoms with Crippen molar-refractivity contribution in [1.29, 1.82) is 0 Å². The summed E-state index contributed by atoms with van der Waals surface area (Å²) in [7, 11) is 0. The van der Waals surface area contributed by atoms with Gasteiger partial charge in [-0.2, -0.15) is 0 Å². The average molecular weight is 230 g/mol. The summed E-state index contributed by atoms with van der Waals surface area (Å²) in [5.41, 5.74) is 0. The van der Waals surface area contributed by atoms with Crippen LogP contribution in [0.5, 0.6) is 0 Å². The minimum absolute atomic E-state index is 0.138. The van der Waals surface area contributed by atoms with E-state index < -0.39 is 0 Å². The first-order chi connectivity index (χ1) is 3.91. The zero-order valence-corrected chi connectivity index (χ0v) is 7.16. The van der Waals surface area contributed by atoms with Crippen molar-refractivity contribution in [3.05, 3.63) is 0 Å². The largest absolute Gasteiger partial charge is 0.251 e. The van der Waals surface area contributed by atoms with Gasteiger partial charge in [-0.15, -0.1) is 0 Å². The predicted molar refractivity (Wildman–Crippen MR) is 43.3 cm³/mol. The van der Waals surface area contributed by atoms with Gasteiger partial charge in [0.2, 0.25) is 0 Å². The fraction of sp³-hybridized carbons (Fsp3) is 1.00. The highest BCUT2D eigenvalue weighted by molar-refractivity contribution is 14.1. The van der Waals surface area contributed by atoms with E-state index >= 15 is 0 Å². The Morgan fingerprint density at radius 1 is 1.00 bits per heavy atom. The van der Waals surface area contributed by atoms with Gasteiger partial charge in [-0.3, -0.25) is 4.39 Å². The quantitative estimate of drug-likeness (QED) is 0.387. The van der Waals surface area contributed by atoms with Crippen molar-refractivity contribution in [1.82, 2.24) is 0 Å². The summed E-state index contributed by atoms with van der Waals surface area (Å²) < 4.78 is 12.6. The van der Waals surface area contributed by atoms with Crippen molar-refractivity contribution in [2.75, 3.05) is 11.1 Å². The first-order valence-corrected chi connectivity index (χ1v) is 4.56. The minimum atomic E-state index is -0.138. The van der Waals surface area contributed by atoms with E-state index in [0.717, 1.165) is 12.8 Å². The molecule has 0 atom stereocenters. The van der Waals surface area contributed by atoms with Crippen molar-refractivity contribution in [2.45, 2.75) is 25.7 Å². The molecule has 0 bridgehead atoms. The molecule has 0 N–H and O–H groups in total. The van der Waals surface area contributed by atoms with Gasteiger partial charge in [0.1, 0.15) is 0 Å². The smallest absolute Gasteiger partial charge is 0.0894 e. The highest BCUT2D eigenvalue weighted by Gasteiger charge is 1.85. The lowest BCUT2D eigenvalue weighted by Crippen LogP contribution is -1.79. The van der Waals surface area contributed by atoms with Crippen LogP contribution < -0.4 is 0 Å². The molecule has 2 heteroatoms. The molecule has 0 fully saturated rings. The van der Waals surface area contributed by atoms with Crippen LogP contribution in [0.25, 0.3) is 0 Å². The lowest BCUT2D eigenvalue weighted by atomic mass is 10.2. The van der Waals surface area contributed by atoms with Crippen LogP contribution in [0.4, 0.5) is 4.39 Å². The molecule has 0 radical (unpaired) electrons. The van der Waals surface area contributed by atoms with Gasteiger partial charge >= 0.3 is 0 Å². The molecule has 0 aliphatic heterocycles. The molecular formula is C6H12FI. The van der Waals surface area contributed by atoms with Crippen molar-refractivity contribution >= 4 is 22.6 Å². The van der Waals surface area contributed by atoms with E-state index in [1.165, 1.54) is 17.3 Å². The second-order valence-corrected chi connectivity index (χ2v) is 2.87. The van der Waals surface area contributed by atoms with E-state index in [0.29, 0.717) is 0 Å². The van der Waals surface area contributed by atoms with E-state index in [9.17, 15) is 4.39 Å². The molecule has 0 aromatic heterocycles. The van der Waals surface area contributed by atoms with Gasteiger partial charge in [0.15, 0.2) is 0 Å². The van der Waals surface area contributed by atoms with Gasteiger partial charge in [0.05, 0.1) is 6.67 Å². The Balaban J connectivity index is 2.53. The fourth-order valence-electron chi connectivity index (χ4n) is 0.543. The topological polar surface area (TPSA) is 0 Å². The summed E-state index contributed by atoms with van der Waals surface area (Å²) in [6.45, 7) is -0.138. The van der Waals surface area contributed by atoms with Crippen LogP contribution in [-0.4, -0.2) is 11.1 Å². The van der Waals surface area contributed by atoms with E-state index in [4.69, 9.17) is 0 Å². The average Bonchev–Trinajstić information content (AvgIpc) is 1.81. The molecule has 0 saturated carbocycles. The summed E-state index contributed by atoms with van der Waals surface area (Å²) in [6.07, 6.45) is 4.28. The zero-order valence-electron chi connectivity index (χ0n) is 5.00. The van der Waals surface area contributed by atoms with Gasteiger partial charge in [0.25, 0.3) is 0 Å². The highest BCUT2D eigenvalue weighted by Crippen LogP contribution is 2.01. The minimum Gasteiger partial charge on any atom is -0.251 e. The maximum absolute atomic E-state index is 11.4. The Hall–Kier alpha value is 0.660. The van der Waals surface area contributed by atoms with E-state index in [1.54, 1.807) is 0 Å². The molecule has 0 aromatic rings. The Bertz CT molecular complexity index is 33.5. The maximum Gasteiger partial charge on any atom is 0.0894 e. The second-order valence-electron chi connectivity index (χ2n) is 1.79. The third-order valence-electron chi connectivity index (χ3n) is 1.02. The van der Waals surface area contributed by atoms with Crippen molar-refractivity contribution in [3.63, 3.8) is 0 Å². The van der Waals surface area contributed by atoms with Gasteiger partial charge in [-0.25, -0.2) is 0 Å². The summed E-state index contributed by atoms with van der Waals surface area (Å²) in [5.74, 6) is 0. The molecule has 0 nitrogen and oxygen atoms in total. The normalized spacial score (nSPS) is 9.75. The van der Waals surface area contributed by atoms with Crippen molar-refractivity contribution in [3.8, 4) is 0 Å². The standard InChI is InChI=1S/C6H12FI/c7-5-3-1-2-4-6-8/h1-6H2.